The van der Waals surface area contributed by atoms with Crippen LogP contribution in [0.2, 0.25) is 0 Å². The minimum absolute atomic E-state index is 0. The van der Waals surface area contributed by atoms with Crippen molar-refractivity contribution in [2.24, 2.45) is 4.99 Å². The molecule has 7 nitrogen and oxygen atoms in total. The van der Waals surface area contributed by atoms with Gasteiger partial charge in [-0.05, 0) is 59.5 Å². The standard InChI is InChI=1S/C21H41N5O2.HI/c1-4-22-20(23-14-9-15-25(3)19-10-7-6-8-11-19)24-18-12-16-26(17-13-18)21(27)28-5-2;/h18-19H,4-17H2,1-3H3,(H2,22,23,24);1H. The lowest BCUT2D eigenvalue weighted by molar-refractivity contribution is 0.0963. The van der Waals surface area contributed by atoms with Crippen molar-refractivity contribution in [2.45, 2.75) is 77.3 Å². The first-order valence-electron chi connectivity index (χ1n) is 11.3. The third kappa shape index (κ3) is 9.72. The molecule has 0 unspecified atom stereocenters. The van der Waals surface area contributed by atoms with Gasteiger partial charge in [0, 0.05) is 38.3 Å². The van der Waals surface area contributed by atoms with Gasteiger partial charge in [0.05, 0.1) is 6.61 Å². The lowest BCUT2D eigenvalue weighted by atomic mass is 9.94. The molecule has 1 heterocycles. The summed E-state index contributed by atoms with van der Waals surface area (Å²) in [5, 5.41) is 6.90. The topological polar surface area (TPSA) is 69.2 Å². The summed E-state index contributed by atoms with van der Waals surface area (Å²) < 4.78 is 5.09. The van der Waals surface area contributed by atoms with Crippen molar-refractivity contribution in [1.29, 1.82) is 0 Å². The van der Waals surface area contributed by atoms with E-state index < -0.39 is 0 Å². The summed E-state index contributed by atoms with van der Waals surface area (Å²) in [6.45, 7) is 8.67. The molecular weight excluding hydrogens is 481 g/mol. The molecule has 8 heteroatoms. The summed E-state index contributed by atoms with van der Waals surface area (Å²) in [6, 6.07) is 1.13. The maximum Gasteiger partial charge on any atom is 0.409 e. The van der Waals surface area contributed by atoms with Crippen molar-refractivity contribution in [3.63, 3.8) is 0 Å². The molecule has 2 fully saturated rings. The fraction of sp³-hybridized carbons (Fsp3) is 0.905. The van der Waals surface area contributed by atoms with Gasteiger partial charge in [-0.25, -0.2) is 4.79 Å². The minimum Gasteiger partial charge on any atom is -0.450 e. The van der Waals surface area contributed by atoms with Gasteiger partial charge in [-0.1, -0.05) is 19.3 Å². The van der Waals surface area contributed by atoms with Crippen molar-refractivity contribution in [2.75, 3.05) is 46.4 Å². The Bertz CT molecular complexity index is 478. The Labute approximate surface area is 194 Å². The molecule has 0 aromatic rings. The third-order valence-electron chi connectivity index (χ3n) is 5.84. The van der Waals surface area contributed by atoms with E-state index in [4.69, 9.17) is 9.73 Å². The average Bonchev–Trinajstić information content (AvgIpc) is 2.72. The zero-order valence-corrected chi connectivity index (χ0v) is 21.0. The van der Waals surface area contributed by atoms with Crippen LogP contribution in [0.1, 0.15) is 65.2 Å². The van der Waals surface area contributed by atoms with Crippen LogP contribution in [0.25, 0.3) is 0 Å². The monoisotopic (exact) mass is 523 g/mol. The molecule has 2 rings (SSSR count). The fourth-order valence-corrected chi connectivity index (χ4v) is 4.15. The number of ether oxygens (including phenoxy) is 1. The lowest BCUT2D eigenvalue weighted by Gasteiger charge is -2.32. The molecule has 0 bridgehead atoms. The highest BCUT2D eigenvalue weighted by Gasteiger charge is 2.24. The molecule has 1 saturated carbocycles. The van der Waals surface area contributed by atoms with E-state index in [1.807, 2.05) is 6.92 Å². The number of nitrogens with one attached hydrogen (secondary N) is 2. The molecule has 0 atom stereocenters. The van der Waals surface area contributed by atoms with Crippen molar-refractivity contribution in [1.82, 2.24) is 20.4 Å². The number of hydrogen-bond acceptors (Lipinski definition) is 4. The molecule has 2 aliphatic rings. The highest BCUT2D eigenvalue weighted by molar-refractivity contribution is 14.0. The predicted molar refractivity (Wildman–Crippen MR) is 130 cm³/mol. The Morgan fingerprint density at radius 3 is 2.45 bits per heavy atom. The molecule has 0 radical (unpaired) electrons. The Hall–Kier alpha value is -0.770. The first-order valence-corrected chi connectivity index (χ1v) is 11.3. The zero-order valence-electron chi connectivity index (χ0n) is 18.6. The van der Waals surface area contributed by atoms with Gasteiger partial charge < -0.3 is 25.2 Å². The lowest BCUT2D eigenvalue weighted by Crippen LogP contribution is -2.50. The number of guanidine groups is 1. The maximum absolute atomic E-state index is 11.8. The smallest absolute Gasteiger partial charge is 0.409 e. The largest absolute Gasteiger partial charge is 0.450 e. The van der Waals surface area contributed by atoms with E-state index in [-0.39, 0.29) is 30.1 Å². The number of piperidine rings is 1. The van der Waals surface area contributed by atoms with E-state index >= 15 is 0 Å². The van der Waals surface area contributed by atoms with Crippen molar-refractivity contribution >= 4 is 36.0 Å². The van der Waals surface area contributed by atoms with Gasteiger partial charge in [-0.3, -0.25) is 4.99 Å². The van der Waals surface area contributed by atoms with Crippen molar-refractivity contribution < 1.29 is 9.53 Å². The molecule has 0 aromatic carbocycles. The van der Waals surface area contributed by atoms with Gasteiger partial charge in [-0.2, -0.15) is 0 Å². The third-order valence-corrected chi connectivity index (χ3v) is 5.84. The number of rotatable bonds is 8. The fourth-order valence-electron chi connectivity index (χ4n) is 4.15. The molecule has 1 amide bonds. The molecule has 0 aromatic heterocycles. The minimum atomic E-state index is -0.191. The molecular formula is C21H42IN5O2. The number of amides is 1. The highest BCUT2D eigenvalue weighted by atomic mass is 127. The van der Waals surface area contributed by atoms with Crippen LogP contribution in [0.3, 0.4) is 0 Å². The van der Waals surface area contributed by atoms with E-state index in [9.17, 15) is 4.79 Å². The van der Waals surface area contributed by atoms with E-state index in [1.54, 1.807) is 4.90 Å². The molecule has 170 valence electrons. The number of carbonyl (C=O) groups is 1. The van der Waals surface area contributed by atoms with Crippen LogP contribution in [0, 0.1) is 0 Å². The maximum atomic E-state index is 11.8. The van der Waals surface area contributed by atoms with E-state index in [1.165, 1.54) is 32.1 Å². The normalized spacial score (nSPS) is 19.0. The van der Waals surface area contributed by atoms with Crippen LogP contribution < -0.4 is 10.6 Å². The summed E-state index contributed by atoms with van der Waals surface area (Å²) in [4.78, 5) is 20.9. The zero-order chi connectivity index (χ0) is 20.2. The second kappa shape index (κ2) is 15.1. The average molecular weight is 524 g/mol. The van der Waals surface area contributed by atoms with Crippen LogP contribution in [0.15, 0.2) is 4.99 Å². The van der Waals surface area contributed by atoms with Crippen LogP contribution in [-0.2, 0) is 4.74 Å². The Morgan fingerprint density at radius 1 is 1.14 bits per heavy atom. The second-order valence-corrected chi connectivity index (χ2v) is 7.99. The van der Waals surface area contributed by atoms with Gasteiger partial charge >= 0.3 is 6.09 Å². The molecule has 1 saturated heterocycles. The predicted octanol–water partition coefficient (Wildman–Crippen LogP) is 3.44. The van der Waals surface area contributed by atoms with E-state index in [2.05, 4.69) is 29.5 Å². The summed E-state index contributed by atoms with van der Waals surface area (Å²) in [7, 11) is 2.26. The van der Waals surface area contributed by atoms with Crippen molar-refractivity contribution in [3.8, 4) is 0 Å². The molecule has 2 N–H and O–H groups in total. The van der Waals surface area contributed by atoms with Gasteiger partial charge in [0.25, 0.3) is 0 Å². The summed E-state index contributed by atoms with van der Waals surface area (Å²) in [5.74, 6) is 0.900. The molecule has 1 aliphatic heterocycles. The first-order chi connectivity index (χ1) is 13.6. The van der Waals surface area contributed by atoms with Gasteiger partial charge in [0.1, 0.15) is 0 Å². The second-order valence-electron chi connectivity index (χ2n) is 7.99. The van der Waals surface area contributed by atoms with Crippen LogP contribution in [-0.4, -0.2) is 80.3 Å². The SMILES string of the molecule is CCNC(=NCCCN(C)C1CCCCC1)NC1CCN(C(=O)OCC)CC1.I. The van der Waals surface area contributed by atoms with Gasteiger partial charge in [-0.15, -0.1) is 24.0 Å². The Balaban J connectivity index is 0.00000420. The van der Waals surface area contributed by atoms with Crippen LogP contribution >= 0.6 is 24.0 Å². The summed E-state index contributed by atoms with van der Waals surface area (Å²) >= 11 is 0. The van der Waals surface area contributed by atoms with Gasteiger partial charge in [0.2, 0.25) is 0 Å². The number of hydrogen-bond donors (Lipinski definition) is 2. The summed E-state index contributed by atoms with van der Waals surface area (Å²) in [5.41, 5.74) is 0. The number of likely N-dealkylation sites (tertiary alicyclic amines) is 1. The summed E-state index contributed by atoms with van der Waals surface area (Å²) in [6.07, 6.45) is 9.64. The Kier molecular flexibility index (Phi) is 13.7. The number of nitrogens with zero attached hydrogens (tertiary/aromatic N) is 3. The van der Waals surface area contributed by atoms with Gasteiger partial charge in [0.15, 0.2) is 5.96 Å². The highest BCUT2D eigenvalue weighted by Crippen LogP contribution is 2.21. The van der Waals surface area contributed by atoms with E-state index in [0.29, 0.717) is 12.6 Å². The number of aliphatic imine (C=N–C) groups is 1. The number of carbonyl (C=O) groups excluding carboxylic acids is 1. The Morgan fingerprint density at radius 2 is 1.83 bits per heavy atom. The first kappa shape index (κ1) is 26.3. The number of halogens is 1. The van der Waals surface area contributed by atoms with E-state index in [0.717, 1.165) is 64.0 Å². The molecule has 1 aliphatic carbocycles. The quantitative estimate of drug-likeness (QED) is 0.221. The van der Waals surface area contributed by atoms with Crippen molar-refractivity contribution in [3.05, 3.63) is 0 Å². The molecule has 29 heavy (non-hydrogen) atoms. The molecule has 0 spiro atoms. The van der Waals surface area contributed by atoms with Crippen LogP contribution in [0.4, 0.5) is 4.79 Å². The van der Waals surface area contributed by atoms with Crippen LogP contribution in [0.5, 0.6) is 0 Å².